The molecule has 0 bridgehead atoms. The minimum absolute atomic E-state index is 0.0547. The van der Waals surface area contributed by atoms with Crippen LogP contribution in [0.5, 0.6) is 5.75 Å². The second kappa shape index (κ2) is 7.88. The van der Waals surface area contributed by atoms with Crippen molar-refractivity contribution in [3.05, 3.63) is 29.8 Å². The SMILES string of the molecule is CCC1C(=O)N(Cc2ccc(OC)cc2)C(C(C)(C)C)C12CCN(C(=O)O)CC2. The van der Waals surface area contributed by atoms with E-state index in [0.29, 0.717) is 19.6 Å². The molecule has 1 aromatic carbocycles. The largest absolute Gasteiger partial charge is 0.497 e. The highest BCUT2D eigenvalue weighted by atomic mass is 16.5. The summed E-state index contributed by atoms with van der Waals surface area (Å²) in [5.74, 6) is 0.964. The smallest absolute Gasteiger partial charge is 0.407 e. The van der Waals surface area contributed by atoms with E-state index in [9.17, 15) is 14.7 Å². The van der Waals surface area contributed by atoms with Gasteiger partial charge in [-0.15, -0.1) is 0 Å². The van der Waals surface area contributed by atoms with Crippen molar-refractivity contribution in [2.24, 2.45) is 16.7 Å². The molecule has 1 N–H and O–H groups in total. The fourth-order valence-electron chi connectivity index (χ4n) is 5.82. The second-order valence-corrected chi connectivity index (χ2v) is 9.55. The first-order valence-corrected chi connectivity index (χ1v) is 10.6. The summed E-state index contributed by atoms with van der Waals surface area (Å²) in [5, 5.41) is 9.40. The van der Waals surface area contributed by atoms with Crippen LogP contribution in [0.4, 0.5) is 4.79 Å². The number of methoxy groups -OCH3 is 1. The maximum absolute atomic E-state index is 13.6. The molecule has 6 heteroatoms. The van der Waals surface area contributed by atoms with Crippen LogP contribution in [-0.2, 0) is 11.3 Å². The van der Waals surface area contributed by atoms with Crippen LogP contribution in [0.1, 0.15) is 52.5 Å². The van der Waals surface area contributed by atoms with Gasteiger partial charge >= 0.3 is 6.09 Å². The van der Waals surface area contributed by atoms with E-state index in [1.54, 1.807) is 7.11 Å². The number of rotatable bonds is 4. The van der Waals surface area contributed by atoms with Crippen molar-refractivity contribution in [3.63, 3.8) is 0 Å². The quantitative estimate of drug-likeness (QED) is 0.818. The minimum Gasteiger partial charge on any atom is -0.497 e. The van der Waals surface area contributed by atoms with Gasteiger partial charge in [0.25, 0.3) is 0 Å². The Hall–Kier alpha value is -2.24. The number of benzene rings is 1. The van der Waals surface area contributed by atoms with Crippen LogP contribution >= 0.6 is 0 Å². The molecule has 2 heterocycles. The molecule has 6 nitrogen and oxygen atoms in total. The summed E-state index contributed by atoms with van der Waals surface area (Å²) in [6.45, 7) is 10.3. The van der Waals surface area contributed by atoms with Crippen LogP contribution in [0.25, 0.3) is 0 Å². The van der Waals surface area contributed by atoms with Crippen LogP contribution in [-0.4, -0.2) is 53.1 Å². The van der Waals surface area contributed by atoms with Gasteiger partial charge in [-0.3, -0.25) is 4.79 Å². The zero-order chi connectivity index (χ0) is 21.4. The summed E-state index contributed by atoms with van der Waals surface area (Å²) in [6.07, 6.45) is 1.41. The number of hydrogen-bond acceptors (Lipinski definition) is 3. The summed E-state index contributed by atoms with van der Waals surface area (Å²) >= 11 is 0. The molecule has 2 aliphatic heterocycles. The molecule has 2 amide bonds. The Morgan fingerprint density at radius 2 is 1.79 bits per heavy atom. The van der Waals surface area contributed by atoms with Gasteiger partial charge < -0.3 is 19.6 Å². The Kier molecular flexibility index (Phi) is 5.84. The first-order chi connectivity index (χ1) is 13.6. The van der Waals surface area contributed by atoms with Gasteiger partial charge in [0, 0.05) is 37.0 Å². The Labute approximate surface area is 173 Å². The van der Waals surface area contributed by atoms with Gasteiger partial charge in [-0.1, -0.05) is 39.8 Å². The molecular formula is C23H34N2O4. The number of piperidine rings is 1. The first kappa shape index (κ1) is 21.5. The number of likely N-dealkylation sites (tertiary alicyclic amines) is 2. The molecule has 29 heavy (non-hydrogen) atoms. The number of carbonyl (C=O) groups is 2. The van der Waals surface area contributed by atoms with Crippen LogP contribution in [0.15, 0.2) is 24.3 Å². The molecule has 2 aliphatic rings. The van der Waals surface area contributed by atoms with E-state index >= 15 is 0 Å². The highest BCUT2D eigenvalue weighted by Gasteiger charge is 2.61. The standard InChI is InChI=1S/C23H34N2O4/c1-6-18-19(26)25(15-16-7-9-17(29-5)10-8-16)20(22(2,3)4)23(18)11-13-24(14-12-23)21(27)28/h7-10,18,20H,6,11-15H2,1-5H3,(H,27,28). The van der Waals surface area contributed by atoms with E-state index in [0.717, 1.165) is 30.6 Å². The third-order valence-corrected chi connectivity index (χ3v) is 6.84. The Morgan fingerprint density at radius 3 is 2.24 bits per heavy atom. The molecule has 2 saturated heterocycles. The molecule has 2 unspecified atom stereocenters. The molecule has 1 spiro atoms. The van der Waals surface area contributed by atoms with E-state index in [4.69, 9.17) is 4.74 Å². The topological polar surface area (TPSA) is 70.1 Å². The van der Waals surface area contributed by atoms with E-state index in [2.05, 4.69) is 32.6 Å². The lowest BCUT2D eigenvalue weighted by Gasteiger charge is -2.50. The van der Waals surface area contributed by atoms with Gasteiger partial charge in [0.15, 0.2) is 0 Å². The summed E-state index contributed by atoms with van der Waals surface area (Å²) in [5.41, 5.74) is 0.809. The zero-order valence-corrected chi connectivity index (χ0v) is 18.3. The third kappa shape index (κ3) is 3.81. The molecule has 0 aliphatic carbocycles. The summed E-state index contributed by atoms with van der Waals surface area (Å²) in [4.78, 5) is 28.6. The molecule has 0 aromatic heterocycles. The number of ether oxygens (including phenoxy) is 1. The van der Waals surface area contributed by atoms with E-state index < -0.39 is 6.09 Å². The second-order valence-electron chi connectivity index (χ2n) is 9.55. The van der Waals surface area contributed by atoms with Gasteiger partial charge in [-0.2, -0.15) is 0 Å². The first-order valence-electron chi connectivity index (χ1n) is 10.6. The lowest BCUT2D eigenvalue weighted by Crippen LogP contribution is -2.54. The molecule has 1 aromatic rings. The third-order valence-electron chi connectivity index (χ3n) is 6.84. The van der Waals surface area contributed by atoms with Crippen LogP contribution < -0.4 is 4.74 Å². The van der Waals surface area contributed by atoms with Crippen molar-refractivity contribution in [2.75, 3.05) is 20.2 Å². The molecule has 2 fully saturated rings. The van der Waals surface area contributed by atoms with Crippen LogP contribution in [0.2, 0.25) is 0 Å². The van der Waals surface area contributed by atoms with Gasteiger partial charge in [-0.25, -0.2) is 4.79 Å². The number of hydrogen-bond donors (Lipinski definition) is 1. The number of carbonyl (C=O) groups excluding carboxylic acids is 1. The molecule has 160 valence electrons. The molecule has 2 atom stereocenters. The molecule has 0 radical (unpaired) electrons. The summed E-state index contributed by atoms with van der Waals surface area (Å²) < 4.78 is 5.26. The molecule has 3 rings (SSSR count). The number of nitrogens with zero attached hydrogens (tertiary/aromatic N) is 2. The molecule has 0 saturated carbocycles. The van der Waals surface area contributed by atoms with Gasteiger partial charge in [-0.05, 0) is 42.4 Å². The monoisotopic (exact) mass is 402 g/mol. The summed E-state index contributed by atoms with van der Waals surface area (Å²) in [7, 11) is 1.65. The maximum Gasteiger partial charge on any atom is 0.407 e. The highest BCUT2D eigenvalue weighted by Crippen LogP contribution is 2.56. The van der Waals surface area contributed by atoms with Crippen molar-refractivity contribution < 1.29 is 19.4 Å². The minimum atomic E-state index is -0.861. The van der Waals surface area contributed by atoms with Gasteiger partial charge in [0.2, 0.25) is 5.91 Å². The molecular weight excluding hydrogens is 368 g/mol. The van der Waals surface area contributed by atoms with Gasteiger partial charge in [0.1, 0.15) is 5.75 Å². The Morgan fingerprint density at radius 1 is 1.21 bits per heavy atom. The van der Waals surface area contributed by atoms with E-state index in [-0.39, 0.29) is 28.7 Å². The lowest BCUT2D eigenvalue weighted by molar-refractivity contribution is -0.133. The van der Waals surface area contributed by atoms with Crippen LogP contribution in [0.3, 0.4) is 0 Å². The highest BCUT2D eigenvalue weighted by molar-refractivity contribution is 5.83. The Bertz CT molecular complexity index is 745. The fourth-order valence-corrected chi connectivity index (χ4v) is 5.82. The maximum atomic E-state index is 13.6. The predicted molar refractivity (Wildman–Crippen MR) is 112 cm³/mol. The summed E-state index contributed by atoms with van der Waals surface area (Å²) in [6, 6.07) is 7.97. The van der Waals surface area contributed by atoms with Crippen molar-refractivity contribution in [1.82, 2.24) is 9.80 Å². The zero-order valence-electron chi connectivity index (χ0n) is 18.3. The number of carboxylic acid groups (broad SMARTS) is 1. The van der Waals surface area contributed by atoms with Crippen molar-refractivity contribution >= 4 is 12.0 Å². The van der Waals surface area contributed by atoms with E-state index in [1.807, 2.05) is 24.3 Å². The normalized spacial score (nSPS) is 24.2. The van der Waals surface area contributed by atoms with E-state index in [1.165, 1.54) is 4.90 Å². The lowest BCUT2D eigenvalue weighted by atomic mass is 9.60. The average Bonchev–Trinajstić information content (AvgIpc) is 2.89. The van der Waals surface area contributed by atoms with Crippen molar-refractivity contribution in [2.45, 2.75) is 59.5 Å². The predicted octanol–water partition coefficient (Wildman–Crippen LogP) is 4.24. The van der Waals surface area contributed by atoms with Crippen LogP contribution in [0, 0.1) is 16.7 Å². The Balaban J connectivity index is 1.95. The average molecular weight is 403 g/mol. The van der Waals surface area contributed by atoms with Gasteiger partial charge in [0.05, 0.1) is 7.11 Å². The van der Waals surface area contributed by atoms with Crippen molar-refractivity contribution in [1.29, 1.82) is 0 Å². The number of amides is 2. The van der Waals surface area contributed by atoms with Crippen molar-refractivity contribution in [3.8, 4) is 5.75 Å². The fraction of sp³-hybridized carbons (Fsp3) is 0.652.